The molecule has 13 N–H and O–H groups in total. The number of aromatic nitrogens is 3. The van der Waals surface area contributed by atoms with Gasteiger partial charge in [-0.25, -0.2) is 23.9 Å². The maximum atomic E-state index is 15.1. The van der Waals surface area contributed by atoms with Crippen molar-refractivity contribution in [1.29, 1.82) is 0 Å². The van der Waals surface area contributed by atoms with Crippen molar-refractivity contribution >= 4 is 99.2 Å². The van der Waals surface area contributed by atoms with Crippen LogP contribution in [0.5, 0.6) is 0 Å². The van der Waals surface area contributed by atoms with Gasteiger partial charge in [0.1, 0.15) is 48.2 Å². The van der Waals surface area contributed by atoms with E-state index in [9.17, 15) is 53.1 Å². The van der Waals surface area contributed by atoms with Crippen molar-refractivity contribution in [1.82, 2.24) is 66.9 Å². The lowest BCUT2D eigenvalue weighted by molar-refractivity contribution is -0.148. The van der Waals surface area contributed by atoms with E-state index < -0.39 is 126 Å². The molecule has 134 heavy (non-hydrogen) atoms. The average Bonchev–Trinajstić information content (AvgIpc) is 1.50. The smallest absolute Gasteiger partial charge is 0.410 e. The number of ether oxygens (including phenoxy) is 7. The van der Waals surface area contributed by atoms with Crippen molar-refractivity contribution in [2.45, 2.75) is 214 Å². The predicted molar refractivity (Wildman–Crippen MR) is 512 cm³/mol. The third-order valence-corrected chi connectivity index (χ3v) is 24.9. The predicted octanol–water partition coefficient (Wildman–Crippen LogP) is 9.56. The number of nitrogens with zero attached hydrogens (tertiary/aromatic N) is 6. The Morgan fingerprint density at radius 1 is 0.687 bits per heavy atom. The Balaban J connectivity index is 0.726. The second-order valence-corrected chi connectivity index (χ2v) is 36.0. The summed E-state index contributed by atoms with van der Waals surface area (Å²) in [7, 11) is 8.05. The molecule has 37 heteroatoms. The van der Waals surface area contributed by atoms with Gasteiger partial charge >= 0.3 is 12.1 Å². The number of fused-ring (bicyclic) bond motifs is 1. The first-order chi connectivity index (χ1) is 64.1. The second kappa shape index (κ2) is 54.7. The molecule has 11 amide bonds. The first-order valence-electron chi connectivity index (χ1n) is 46.7. The van der Waals surface area contributed by atoms with Crippen LogP contribution in [0.3, 0.4) is 0 Å². The fraction of sp³-hybridized carbons (Fsp3) is 0.588. The number of hydrogen-bond acceptors (Lipinski definition) is 23. The van der Waals surface area contributed by atoms with Crippen LogP contribution in [-0.4, -0.2) is 282 Å². The molecule has 1 unspecified atom stereocenters. The second-order valence-electron chi connectivity index (χ2n) is 35.6. The Morgan fingerprint density at radius 2 is 1.34 bits per heavy atom. The normalized spacial score (nSPS) is 16.0. The van der Waals surface area contributed by atoms with Crippen molar-refractivity contribution in [3.63, 3.8) is 0 Å². The molecule has 6 aromatic rings. The molecular weight excluding hydrogens is 1750 g/mol. The molecular formula is C97H143ClFN17O18. The zero-order chi connectivity index (χ0) is 97.8. The van der Waals surface area contributed by atoms with Crippen LogP contribution < -0.4 is 58.5 Å². The number of benzene rings is 4. The number of nitrogens with two attached hydrogens (primary N) is 1. The number of likely N-dealkylation sites (N-methyl/N-ethyl adjacent to an activating group) is 2. The minimum absolute atomic E-state index is 0.0220. The highest BCUT2D eigenvalue weighted by Gasteiger charge is 2.45. The number of rotatable bonds is 55. The first-order valence-corrected chi connectivity index (χ1v) is 47.0. The number of primary amides is 1. The summed E-state index contributed by atoms with van der Waals surface area (Å²) in [5, 5.41) is 38.1. The summed E-state index contributed by atoms with van der Waals surface area (Å²) in [4.78, 5) is 158. The number of nitrogens with one attached hydrogen (secondary N) is 10. The lowest BCUT2D eigenvalue weighted by atomic mass is 9.89. The van der Waals surface area contributed by atoms with E-state index in [1.54, 1.807) is 121 Å². The average molecular weight is 1890 g/mol. The van der Waals surface area contributed by atoms with Gasteiger partial charge in [-0.2, -0.15) is 0 Å². The monoisotopic (exact) mass is 1890 g/mol. The first kappa shape index (κ1) is 109. The summed E-state index contributed by atoms with van der Waals surface area (Å²) in [6, 6.07) is 19.4. The number of pyridine rings is 1. The highest BCUT2D eigenvalue weighted by Crippen LogP contribution is 2.45. The number of urea groups is 1. The van der Waals surface area contributed by atoms with E-state index in [-0.39, 0.29) is 134 Å². The van der Waals surface area contributed by atoms with Gasteiger partial charge in [0.05, 0.1) is 124 Å². The van der Waals surface area contributed by atoms with Crippen LogP contribution in [0.25, 0.3) is 33.5 Å². The van der Waals surface area contributed by atoms with Gasteiger partial charge in [0.25, 0.3) is 0 Å². The standard InChI is InChI=1S/C97H143ClFN17O18/c1-17-62(9)85(77(128-15)55-80(119)116-40-22-26-76(116)88(129-16)63(10)91(121)106-64(11)87(120)66-23-19-18-20-24-66)113(13)95(125)83(59(4)5)112-94(124)84(60(6)7)114(14)97(127)134-57-65-27-30-71(31-28-65)107-92(122)74(25-21-37-104-96(100)126)110-93(123)82(58(2)3)111-79(118)36-44-131-46-48-133-50-49-132-47-45-130-43-35-78(117)102-38-39-103-89-81(90-108-73-32-29-68(98)54-75(73)109-90)86(115-41-33-70(101-12)34-42-115)72(56-105-89)67-51-61(8)52-69(99)53-67/h18-20,23-24,27-32,51-54,56,58-60,62-64,70,74,76-77,82-85,87-88,101,120H,17,21-22,25-26,33-50,55,57H2,1-16H3,(H,102,117)(H,103,105)(H,106,121)(H,107,122)(H,108,109)(H,110,123)(H,111,118)(H,112,124)(H3,100,104,126)/t62-,63+,64+,74+,76-,77+,82+,83?,84-,85-,87+,88+/m1/s1. The molecule has 0 radical (unpaired) electrons. The Bertz CT molecular complexity index is 4760. The fourth-order valence-corrected chi connectivity index (χ4v) is 17.2. The molecule has 8 rings (SSSR count). The van der Waals surface area contributed by atoms with Crippen LogP contribution >= 0.6 is 11.6 Å². The number of aromatic amines is 1. The maximum Gasteiger partial charge on any atom is 0.410 e. The van der Waals surface area contributed by atoms with Gasteiger partial charge in [-0.1, -0.05) is 129 Å². The number of aryl methyl sites for hydroxylation is 1. The number of aliphatic hydroxyl groups excluding tert-OH is 1. The lowest BCUT2D eigenvalue weighted by Crippen LogP contribution is -2.60. The Hall–Kier alpha value is -10.7. The third kappa shape index (κ3) is 32.3. The van der Waals surface area contributed by atoms with Crippen molar-refractivity contribution in [2.24, 2.45) is 35.3 Å². The zero-order valence-corrected chi connectivity index (χ0v) is 81.3. The van der Waals surface area contributed by atoms with Crippen LogP contribution in [0, 0.1) is 42.3 Å². The molecule has 0 bridgehead atoms. The Kier molecular flexibility index (Phi) is 44.4. The molecule has 2 aromatic heterocycles. The number of likely N-dealkylation sites (tertiary alicyclic amines) is 1. The molecule has 2 fully saturated rings. The van der Waals surface area contributed by atoms with Crippen LogP contribution in [0.15, 0.2) is 97.2 Å². The topological polar surface area (TPSA) is 444 Å². The minimum atomic E-state index is -1.14. The lowest BCUT2D eigenvalue weighted by Gasteiger charge is -2.41. The Morgan fingerprint density at radius 3 is 1.94 bits per heavy atom. The van der Waals surface area contributed by atoms with Gasteiger partial charge in [-0.3, -0.25) is 43.3 Å². The number of halogens is 2. The number of carbonyl (C=O) groups is 10. The number of anilines is 3. The summed E-state index contributed by atoms with van der Waals surface area (Å²) >= 11 is 6.41. The molecule has 35 nitrogen and oxygen atoms in total. The number of carbonyl (C=O) groups excluding carboxylic acids is 10. The van der Waals surface area contributed by atoms with Gasteiger partial charge in [0, 0.05) is 109 Å². The molecule has 738 valence electrons. The number of piperidine rings is 1. The number of aliphatic hydroxyl groups is 1. The van der Waals surface area contributed by atoms with Crippen LogP contribution in [-0.2, 0) is 78.1 Å². The maximum absolute atomic E-state index is 15.1. The van der Waals surface area contributed by atoms with Crippen molar-refractivity contribution in [3.8, 4) is 22.5 Å². The van der Waals surface area contributed by atoms with E-state index in [1.165, 1.54) is 38.3 Å². The van der Waals surface area contributed by atoms with E-state index in [0.717, 1.165) is 53.8 Å². The molecule has 0 saturated carbocycles. The van der Waals surface area contributed by atoms with E-state index in [2.05, 4.69) is 57.7 Å². The van der Waals surface area contributed by atoms with Gasteiger partial charge in [0.15, 0.2) is 0 Å². The summed E-state index contributed by atoms with van der Waals surface area (Å²) in [5.41, 5.74) is 12.1. The highest BCUT2D eigenvalue weighted by molar-refractivity contribution is 6.31. The summed E-state index contributed by atoms with van der Waals surface area (Å²) in [6.07, 6.45) is 2.42. The number of methoxy groups -OCH3 is 2. The van der Waals surface area contributed by atoms with Gasteiger partial charge < -0.3 is 112 Å². The van der Waals surface area contributed by atoms with Crippen LogP contribution in [0.1, 0.15) is 156 Å². The van der Waals surface area contributed by atoms with E-state index in [0.29, 0.717) is 83.0 Å². The summed E-state index contributed by atoms with van der Waals surface area (Å²) in [6.45, 7) is 23.9. The fourth-order valence-electron chi connectivity index (χ4n) is 17.0. The number of hydrogen-bond donors (Lipinski definition) is 12. The molecule has 4 aromatic carbocycles. The molecule has 2 saturated heterocycles. The van der Waals surface area contributed by atoms with Gasteiger partial charge in [0.2, 0.25) is 47.3 Å². The quantitative estimate of drug-likeness (QED) is 0.0158. The highest BCUT2D eigenvalue weighted by atomic mass is 35.5. The van der Waals surface area contributed by atoms with Gasteiger partial charge in [-0.05, 0) is 148 Å². The SMILES string of the molecule is CC[C@@H](C)[C@H]([C@H](CC(=O)N1CCC[C@@H]1[C@@H](OC)[C@H](C)C(=O)N[C@@H](C)[C@H](O)c1ccccc1)OC)N(C)C(=O)C(NC(=O)[C@@H](C(C)C)N(C)C(=O)OCc1ccc(NC(=O)[C@H](CCCNC(N)=O)NC(=O)[C@@H](NC(=O)CCOCCOCCOCCOCCC(=O)NCCNc2ncc(-c3cc(C)cc(F)c3)c(N3CCC(NC)CC3)c2-c2nc3ccc(Cl)cc3[nH]2)C(C)C)cc1)C(C)C. The van der Waals surface area contributed by atoms with Crippen molar-refractivity contribution in [3.05, 3.63) is 125 Å². The number of imidazole rings is 1. The third-order valence-electron chi connectivity index (χ3n) is 24.6. The van der Waals surface area contributed by atoms with Crippen LogP contribution in [0.2, 0.25) is 5.02 Å². The molecule has 2 aliphatic heterocycles. The number of H-pyrrole nitrogens is 1. The molecule has 0 aliphatic carbocycles. The number of amides is 11. The Labute approximate surface area is 791 Å². The van der Waals surface area contributed by atoms with Gasteiger partial charge in [-0.15, -0.1) is 0 Å². The molecule has 12 atom stereocenters. The summed E-state index contributed by atoms with van der Waals surface area (Å²) < 4.78 is 55.5. The van der Waals surface area contributed by atoms with E-state index in [4.69, 9.17) is 60.5 Å². The molecule has 2 aliphatic rings. The van der Waals surface area contributed by atoms with E-state index >= 15 is 4.39 Å². The minimum Gasteiger partial charge on any atom is -0.445 e. The molecule has 0 spiro atoms. The molecule has 4 heterocycles. The largest absolute Gasteiger partial charge is 0.445 e. The van der Waals surface area contributed by atoms with E-state index in [1.807, 2.05) is 64.2 Å². The zero-order valence-electron chi connectivity index (χ0n) is 80.6. The van der Waals surface area contributed by atoms with Crippen molar-refractivity contribution < 1.29 is 90.6 Å². The summed E-state index contributed by atoms with van der Waals surface area (Å²) in [5.74, 6) is -4.94. The van der Waals surface area contributed by atoms with Crippen LogP contribution in [0.4, 0.5) is 31.2 Å². The van der Waals surface area contributed by atoms with Crippen molar-refractivity contribution in [2.75, 3.05) is 143 Å².